The number of hydrogen-bond acceptors (Lipinski definition) is 5. The Morgan fingerprint density at radius 2 is 2.00 bits per heavy atom. The summed E-state index contributed by atoms with van der Waals surface area (Å²) in [7, 11) is 0. The van der Waals surface area contributed by atoms with Crippen LogP contribution in [0, 0.1) is 24.0 Å². The molecule has 0 saturated carbocycles. The van der Waals surface area contributed by atoms with E-state index in [2.05, 4.69) is 10.4 Å². The summed E-state index contributed by atoms with van der Waals surface area (Å²) in [6.45, 7) is 4.86. The van der Waals surface area contributed by atoms with Crippen LogP contribution in [0.4, 0.5) is 11.4 Å². The fraction of sp³-hybridized carbons (Fsp3) is 0.389. The van der Waals surface area contributed by atoms with E-state index in [1.165, 1.54) is 29.5 Å². The smallest absolute Gasteiger partial charge is 0.312 e. The normalized spacial score (nSPS) is 10.7. The lowest BCUT2D eigenvalue weighted by Crippen LogP contribution is -2.40. The topological polar surface area (TPSA) is 110 Å². The molecule has 0 aliphatic rings. The molecule has 9 nitrogen and oxygen atoms in total. The molecule has 0 radical (unpaired) electrons. The zero-order valence-corrected chi connectivity index (χ0v) is 17.8. The molecule has 1 aromatic heterocycles. The van der Waals surface area contributed by atoms with Gasteiger partial charge in [0.05, 0.1) is 22.2 Å². The minimum Gasteiger partial charge on any atom is -0.332 e. The summed E-state index contributed by atoms with van der Waals surface area (Å²) in [5.41, 5.74) is 0.749. The molecule has 0 atom stereocenters. The number of rotatable bonds is 8. The molecule has 0 fully saturated rings. The van der Waals surface area contributed by atoms with Gasteiger partial charge in [-0.25, -0.2) is 0 Å². The highest BCUT2D eigenvalue weighted by molar-refractivity contribution is 6.35. The van der Waals surface area contributed by atoms with Crippen LogP contribution in [0.5, 0.6) is 0 Å². The van der Waals surface area contributed by atoms with Gasteiger partial charge in [0.1, 0.15) is 17.9 Å². The van der Waals surface area contributed by atoms with Gasteiger partial charge in [-0.1, -0.05) is 30.1 Å². The Bertz CT molecular complexity index is 945. The van der Waals surface area contributed by atoms with Gasteiger partial charge in [-0.05, 0) is 38.5 Å². The molecule has 156 valence electrons. The third kappa shape index (κ3) is 5.68. The van der Waals surface area contributed by atoms with E-state index in [1.807, 2.05) is 6.92 Å². The molecule has 29 heavy (non-hydrogen) atoms. The van der Waals surface area contributed by atoms with Gasteiger partial charge in [-0.3, -0.25) is 24.4 Å². The second-order valence-corrected chi connectivity index (χ2v) is 7.27. The lowest BCUT2D eigenvalue weighted by atomic mass is 10.3. The first-order valence-corrected chi connectivity index (χ1v) is 9.60. The molecule has 2 rings (SSSR count). The largest absolute Gasteiger partial charge is 0.332 e. The molecular formula is C18H21Cl2N5O4. The van der Waals surface area contributed by atoms with E-state index < -0.39 is 10.8 Å². The van der Waals surface area contributed by atoms with Crippen LogP contribution in [0.2, 0.25) is 10.0 Å². The fourth-order valence-electron chi connectivity index (χ4n) is 2.85. The maximum atomic E-state index is 12.7. The van der Waals surface area contributed by atoms with Gasteiger partial charge < -0.3 is 10.2 Å². The molecule has 1 N–H and O–H groups in total. The Balaban J connectivity index is 2.11. The van der Waals surface area contributed by atoms with Crippen molar-refractivity contribution in [1.29, 1.82) is 0 Å². The number of anilines is 1. The molecule has 0 spiro atoms. The van der Waals surface area contributed by atoms with Gasteiger partial charge in [0.15, 0.2) is 0 Å². The number of aryl methyl sites for hydroxylation is 1. The summed E-state index contributed by atoms with van der Waals surface area (Å²) in [5, 5.41) is 18.6. The predicted octanol–water partition coefficient (Wildman–Crippen LogP) is 3.59. The van der Waals surface area contributed by atoms with Gasteiger partial charge in [-0.2, -0.15) is 5.10 Å². The van der Waals surface area contributed by atoms with Gasteiger partial charge in [0.25, 0.3) is 0 Å². The Morgan fingerprint density at radius 1 is 1.31 bits per heavy atom. The summed E-state index contributed by atoms with van der Waals surface area (Å²) in [6, 6.07) is 4.67. The van der Waals surface area contributed by atoms with Crippen LogP contribution >= 0.6 is 23.2 Å². The highest BCUT2D eigenvalue weighted by Crippen LogP contribution is 2.25. The number of aromatic nitrogens is 2. The molecule has 0 saturated heterocycles. The standard InChI is InChI=1S/C18H21Cl2N5O4/c1-4-7-23(9-16(26)21-15-8-13(19)5-6-14(15)20)17(27)10-24-12(3)18(25(28)29)11(2)22-24/h5-6,8H,4,7,9-10H2,1-3H3,(H,21,26). The Labute approximate surface area is 177 Å². The quantitative estimate of drug-likeness (QED) is 0.496. The third-order valence-electron chi connectivity index (χ3n) is 4.19. The zero-order valence-electron chi connectivity index (χ0n) is 16.2. The molecule has 1 heterocycles. The first kappa shape index (κ1) is 22.6. The molecule has 1 aromatic carbocycles. The van der Waals surface area contributed by atoms with E-state index in [4.69, 9.17) is 23.2 Å². The number of halogens is 2. The van der Waals surface area contributed by atoms with Gasteiger partial charge in [0, 0.05) is 11.6 Å². The van der Waals surface area contributed by atoms with Crippen LogP contribution in [0.3, 0.4) is 0 Å². The van der Waals surface area contributed by atoms with E-state index in [9.17, 15) is 19.7 Å². The van der Waals surface area contributed by atoms with Crippen molar-refractivity contribution in [3.05, 3.63) is 49.7 Å². The highest BCUT2D eigenvalue weighted by Gasteiger charge is 2.25. The minimum absolute atomic E-state index is 0.117. The number of hydrogen-bond donors (Lipinski definition) is 1. The summed E-state index contributed by atoms with van der Waals surface area (Å²) >= 11 is 12.0. The van der Waals surface area contributed by atoms with Crippen LogP contribution in [-0.2, 0) is 16.1 Å². The molecule has 0 unspecified atom stereocenters. The van der Waals surface area contributed by atoms with Gasteiger partial charge in [0.2, 0.25) is 11.8 Å². The summed E-state index contributed by atoms with van der Waals surface area (Å²) in [5.74, 6) is -0.810. The van der Waals surface area contributed by atoms with E-state index in [1.54, 1.807) is 12.1 Å². The van der Waals surface area contributed by atoms with E-state index in [0.29, 0.717) is 28.7 Å². The predicted molar refractivity (Wildman–Crippen MR) is 110 cm³/mol. The maximum absolute atomic E-state index is 12.7. The number of nitro groups is 1. The van der Waals surface area contributed by atoms with Crippen LogP contribution in [0.1, 0.15) is 24.7 Å². The third-order valence-corrected chi connectivity index (χ3v) is 4.76. The van der Waals surface area contributed by atoms with E-state index >= 15 is 0 Å². The van der Waals surface area contributed by atoms with Crippen LogP contribution in [0.25, 0.3) is 0 Å². The zero-order chi connectivity index (χ0) is 21.7. The van der Waals surface area contributed by atoms with Crippen LogP contribution < -0.4 is 5.32 Å². The Morgan fingerprint density at radius 3 is 2.59 bits per heavy atom. The monoisotopic (exact) mass is 441 g/mol. The molecule has 0 aliphatic heterocycles. The van der Waals surface area contributed by atoms with Crippen LogP contribution in [-0.4, -0.2) is 44.5 Å². The van der Waals surface area contributed by atoms with Crippen molar-refractivity contribution in [1.82, 2.24) is 14.7 Å². The summed E-state index contributed by atoms with van der Waals surface area (Å²) in [4.78, 5) is 37.1. The number of carbonyl (C=O) groups excluding carboxylic acids is 2. The molecule has 0 bridgehead atoms. The Kier molecular flexibility index (Phi) is 7.58. The van der Waals surface area contributed by atoms with Gasteiger partial charge in [-0.15, -0.1) is 0 Å². The molecule has 0 aliphatic carbocycles. The van der Waals surface area contributed by atoms with Crippen molar-refractivity contribution in [2.45, 2.75) is 33.7 Å². The number of carbonyl (C=O) groups is 2. The van der Waals surface area contributed by atoms with Crippen molar-refractivity contribution >= 4 is 46.4 Å². The lowest BCUT2D eigenvalue weighted by molar-refractivity contribution is -0.386. The molecule has 2 aromatic rings. The summed E-state index contributed by atoms with van der Waals surface area (Å²) in [6.07, 6.45) is 0.633. The van der Waals surface area contributed by atoms with Crippen molar-refractivity contribution in [3.63, 3.8) is 0 Å². The first-order chi connectivity index (χ1) is 13.6. The van der Waals surface area contributed by atoms with Crippen molar-refractivity contribution in [2.75, 3.05) is 18.4 Å². The molecule has 2 amide bonds. The minimum atomic E-state index is -0.523. The number of benzene rings is 1. The van der Waals surface area contributed by atoms with Crippen molar-refractivity contribution in [2.24, 2.45) is 0 Å². The van der Waals surface area contributed by atoms with Crippen molar-refractivity contribution in [3.8, 4) is 0 Å². The average molecular weight is 442 g/mol. The Hall–Kier alpha value is -2.65. The first-order valence-electron chi connectivity index (χ1n) is 8.85. The van der Waals surface area contributed by atoms with E-state index in [0.717, 1.165) is 0 Å². The van der Waals surface area contributed by atoms with Crippen molar-refractivity contribution < 1.29 is 14.5 Å². The lowest BCUT2D eigenvalue weighted by Gasteiger charge is -2.22. The maximum Gasteiger partial charge on any atom is 0.312 e. The fourth-order valence-corrected chi connectivity index (χ4v) is 3.19. The molecule has 11 heteroatoms. The second-order valence-electron chi connectivity index (χ2n) is 6.42. The van der Waals surface area contributed by atoms with Gasteiger partial charge >= 0.3 is 5.69 Å². The summed E-state index contributed by atoms with van der Waals surface area (Å²) < 4.78 is 1.28. The number of nitrogens with zero attached hydrogens (tertiary/aromatic N) is 4. The molecular weight excluding hydrogens is 421 g/mol. The van der Waals surface area contributed by atoms with E-state index in [-0.39, 0.29) is 36.1 Å². The average Bonchev–Trinajstić information content (AvgIpc) is 2.91. The second kappa shape index (κ2) is 9.71. The number of nitrogens with one attached hydrogen (secondary N) is 1. The number of amides is 2. The highest BCUT2D eigenvalue weighted by atomic mass is 35.5. The SMILES string of the molecule is CCCN(CC(=O)Nc1cc(Cl)ccc1Cl)C(=O)Cn1nc(C)c([N+](=O)[O-])c1C. The van der Waals surface area contributed by atoms with Crippen LogP contribution in [0.15, 0.2) is 18.2 Å².